The second-order valence-corrected chi connectivity index (χ2v) is 1.79. The summed E-state index contributed by atoms with van der Waals surface area (Å²) < 4.78 is 0. The molecule has 0 amide bonds. The van der Waals surface area contributed by atoms with E-state index in [2.05, 4.69) is 6.58 Å². The first kappa shape index (κ1) is 5.32. The van der Waals surface area contributed by atoms with Gasteiger partial charge in [0.25, 0.3) is 0 Å². The molecule has 1 aliphatic rings. The maximum atomic E-state index is 5.43. The average Bonchev–Trinajstić information content (AvgIpc) is 2.42. The van der Waals surface area contributed by atoms with Crippen molar-refractivity contribution >= 4 is 0 Å². The van der Waals surface area contributed by atoms with Gasteiger partial charge in [-0.2, -0.15) is 0 Å². The summed E-state index contributed by atoms with van der Waals surface area (Å²) in [5.41, 5.74) is 6.64. The van der Waals surface area contributed by atoms with Crippen LogP contribution in [-0.2, 0) is 0 Å². The molecule has 0 unspecified atom stereocenters. The summed E-state index contributed by atoms with van der Waals surface area (Å²) >= 11 is 0. The van der Waals surface area contributed by atoms with Gasteiger partial charge < -0.3 is 5.73 Å². The fourth-order valence-electron chi connectivity index (χ4n) is 0.505. The Morgan fingerprint density at radius 2 is 2.38 bits per heavy atom. The van der Waals surface area contributed by atoms with E-state index in [4.69, 9.17) is 5.73 Å². The Bertz CT molecular complexity index is 154. The predicted molar refractivity (Wildman–Crippen MR) is 35.4 cm³/mol. The molecule has 0 aliphatic heterocycles. The Morgan fingerprint density at radius 1 is 1.75 bits per heavy atom. The van der Waals surface area contributed by atoms with Gasteiger partial charge in [0.15, 0.2) is 0 Å². The third-order valence-corrected chi connectivity index (χ3v) is 1.07. The minimum Gasteiger partial charge on any atom is -0.321 e. The molecule has 0 radical (unpaired) electrons. The molecule has 1 atom stereocenters. The van der Waals surface area contributed by atoms with Gasteiger partial charge >= 0.3 is 0 Å². The highest BCUT2D eigenvalue weighted by atomic mass is 14.7. The van der Waals surface area contributed by atoms with Crippen LogP contribution in [0.25, 0.3) is 0 Å². The first-order valence-electron chi connectivity index (χ1n) is 2.61. The van der Waals surface area contributed by atoms with Crippen LogP contribution in [0.1, 0.15) is 0 Å². The Balaban J connectivity index is 2.32. The van der Waals surface area contributed by atoms with Gasteiger partial charge in [0.05, 0.1) is 0 Å². The van der Waals surface area contributed by atoms with Crippen molar-refractivity contribution in [3.8, 4) is 0 Å². The van der Waals surface area contributed by atoms with E-state index in [0.717, 1.165) is 0 Å². The van der Waals surface area contributed by atoms with Gasteiger partial charge in [0.1, 0.15) is 0 Å². The van der Waals surface area contributed by atoms with Crippen LogP contribution in [-0.4, -0.2) is 6.04 Å². The van der Waals surface area contributed by atoms with E-state index in [1.54, 1.807) is 6.08 Å². The number of hydrogen-bond donors (Lipinski definition) is 1. The lowest BCUT2D eigenvalue weighted by Gasteiger charge is -1.77. The maximum absolute atomic E-state index is 5.43. The Labute approximate surface area is 49.2 Å². The Hall–Kier alpha value is -0.820. The highest BCUT2D eigenvalue weighted by molar-refractivity contribution is 5.43. The van der Waals surface area contributed by atoms with Gasteiger partial charge in [0, 0.05) is 6.04 Å². The number of rotatable bonds is 2. The van der Waals surface area contributed by atoms with Crippen molar-refractivity contribution in [3.05, 3.63) is 36.5 Å². The van der Waals surface area contributed by atoms with Gasteiger partial charge in [-0.3, -0.25) is 0 Å². The van der Waals surface area contributed by atoms with Crippen molar-refractivity contribution in [1.29, 1.82) is 0 Å². The van der Waals surface area contributed by atoms with Crippen LogP contribution in [0, 0.1) is 0 Å². The second-order valence-electron chi connectivity index (χ2n) is 1.79. The summed E-state index contributed by atoms with van der Waals surface area (Å²) in [5.74, 6) is 0. The van der Waals surface area contributed by atoms with Gasteiger partial charge in [-0.1, -0.05) is 30.9 Å². The van der Waals surface area contributed by atoms with E-state index < -0.39 is 0 Å². The molecule has 0 aromatic heterocycles. The third kappa shape index (κ3) is 1.07. The summed E-state index contributed by atoms with van der Waals surface area (Å²) in [6, 6.07) is 0.228. The standard InChI is InChI=1S/C7H9N/c1-2-3-4-6-5-7(6)8/h2-5,7H,1,8H2/b4-3-/t7-/m0/s1. The van der Waals surface area contributed by atoms with Crippen LogP contribution in [0.5, 0.6) is 0 Å². The molecule has 0 saturated heterocycles. The molecular formula is C7H9N. The zero-order valence-electron chi connectivity index (χ0n) is 4.67. The van der Waals surface area contributed by atoms with Crippen LogP contribution in [0.15, 0.2) is 36.5 Å². The molecule has 1 rings (SSSR count). The fraction of sp³-hybridized carbons (Fsp3) is 0.143. The minimum atomic E-state index is 0.228. The average molecular weight is 107 g/mol. The van der Waals surface area contributed by atoms with Crippen LogP contribution >= 0.6 is 0 Å². The normalized spacial score (nSPS) is 25.6. The molecule has 1 heteroatoms. The van der Waals surface area contributed by atoms with E-state index in [9.17, 15) is 0 Å². The monoisotopic (exact) mass is 107 g/mol. The fourth-order valence-corrected chi connectivity index (χ4v) is 0.505. The molecule has 0 aromatic rings. The number of hydrogen-bond acceptors (Lipinski definition) is 1. The van der Waals surface area contributed by atoms with E-state index in [1.807, 2.05) is 18.2 Å². The zero-order valence-corrected chi connectivity index (χ0v) is 4.67. The van der Waals surface area contributed by atoms with Gasteiger partial charge in [-0.05, 0) is 5.57 Å². The van der Waals surface area contributed by atoms with Gasteiger partial charge in [-0.15, -0.1) is 0 Å². The summed E-state index contributed by atoms with van der Waals surface area (Å²) in [7, 11) is 0. The molecule has 2 N–H and O–H groups in total. The number of allylic oxidation sites excluding steroid dienone is 2. The molecule has 1 nitrogen and oxygen atoms in total. The topological polar surface area (TPSA) is 26.0 Å². The largest absolute Gasteiger partial charge is 0.321 e. The molecule has 0 spiro atoms. The predicted octanol–water partition coefficient (Wildman–Crippen LogP) is 0.996. The SMILES string of the molecule is C=C/C=C\C1=C[C@@H]1N. The third-order valence-electron chi connectivity index (χ3n) is 1.07. The second kappa shape index (κ2) is 1.97. The lowest BCUT2D eigenvalue weighted by atomic mass is 10.4. The molecule has 42 valence electrons. The smallest absolute Gasteiger partial charge is 0.0485 e. The van der Waals surface area contributed by atoms with E-state index in [0.29, 0.717) is 0 Å². The maximum Gasteiger partial charge on any atom is 0.0485 e. The van der Waals surface area contributed by atoms with Crippen LogP contribution < -0.4 is 5.73 Å². The molecule has 0 heterocycles. The Kier molecular flexibility index (Phi) is 1.31. The molecule has 0 fully saturated rings. The van der Waals surface area contributed by atoms with Crippen molar-refractivity contribution in [2.45, 2.75) is 6.04 Å². The van der Waals surface area contributed by atoms with E-state index in [1.165, 1.54) is 5.57 Å². The van der Waals surface area contributed by atoms with Crippen molar-refractivity contribution in [2.24, 2.45) is 5.73 Å². The molecule has 0 aromatic carbocycles. The molecule has 1 aliphatic carbocycles. The molecule has 0 bridgehead atoms. The van der Waals surface area contributed by atoms with E-state index in [-0.39, 0.29) is 6.04 Å². The summed E-state index contributed by atoms with van der Waals surface area (Å²) in [4.78, 5) is 0. The Morgan fingerprint density at radius 3 is 2.75 bits per heavy atom. The van der Waals surface area contributed by atoms with Crippen molar-refractivity contribution in [1.82, 2.24) is 0 Å². The van der Waals surface area contributed by atoms with E-state index >= 15 is 0 Å². The summed E-state index contributed by atoms with van der Waals surface area (Å²) in [5, 5.41) is 0. The highest BCUT2D eigenvalue weighted by Gasteiger charge is 2.14. The zero-order chi connectivity index (χ0) is 5.98. The van der Waals surface area contributed by atoms with Crippen molar-refractivity contribution < 1.29 is 0 Å². The molecule has 0 saturated carbocycles. The van der Waals surface area contributed by atoms with Crippen molar-refractivity contribution in [3.63, 3.8) is 0 Å². The van der Waals surface area contributed by atoms with Crippen LogP contribution in [0.3, 0.4) is 0 Å². The molecule has 8 heavy (non-hydrogen) atoms. The lowest BCUT2D eigenvalue weighted by molar-refractivity contribution is 1.13. The van der Waals surface area contributed by atoms with Crippen LogP contribution in [0.2, 0.25) is 0 Å². The first-order chi connectivity index (χ1) is 3.84. The van der Waals surface area contributed by atoms with Crippen molar-refractivity contribution in [2.75, 3.05) is 0 Å². The quantitative estimate of drug-likeness (QED) is 0.523. The summed E-state index contributed by atoms with van der Waals surface area (Å²) in [6.45, 7) is 3.53. The van der Waals surface area contributed by atoms with Crippen LogP contribution in [0.4, 0.5) is 0 Å². The van der Waals surface area contributed by atoms with Gasteiger partial charge in [-0.25, -0.2) is 0 Å². The summed E-state index contributed by atoms with van der Waals surface area (Å²) in [6.07, 6.45) is 7.60. The van der Waals surface area contributed by atoms with Gasteiger partial charge in [0.2, 0.25) is 0 Å². The lowest BCUT2D eigenvalue weighted by Crippen LogP contribution is -2.01. The number of nitrogens with two attached hydrogens (primary N) is 1. The molecular weight excluding hydrogens is 98.1 g/mol. The highest BCUT2D eigenvalue weighted by Crippen LogP contribution is 2.17. The first-order valence-corrected chi connectivity index (χ1v) is 2.61. The minimum absolute atomic E-state index is 0.228.